The van der Waals surface area contributed by atoms with E-state index in [9.17, 15) is 10.2 Å². The normalized spacial score (nSPS) is 15.3. The quantitative estimate of drug-likeness (QED) is 0.201. The number of unbranched alkanes of at least 4 members (excludes halogenated alkanes) is 11. The summed E-state index contributed by atoms with van der Waals surface area (Å²) in [4.78, 5) is 0. The van der Waals surface area contributed by atoms with Crippen LogP contribution in [0.2, 0.25) is 0 Å². The molecule has 0 aliphatic carbocycles. The van der Waals surface area contributed by atoms with Crippen LogP contribution in [0.25, 0.3) is 0 Å². The van der Waals surface area contributed by atoms with Gasteiger partial charge in [-0.3, -0.25) is 0 Å². The Morgan fingerprint density at radius 3 is 1.89 bits per heavy atom. The molecule has 0 aromatic rings. The van der Waals surface area contributed by atoms with Gasteiger partial charge in [0.15, 0.2) is 0 Å². The van der Waals surface area contributed by atoms with E-state index in [-0.39, 0.29) is 13.2 Å². The molecule has 4 heteroatoms. The van der Waals surface area contributed by atoms with Crippen molar-refractivity contribution in [1.82, 2.24) is 0 Å². The smallest absolute Gasteiger partial charge is 0.0894 e. The average molecular weight is 386 g/mol. The molecule has 0 fully saturated rings. The van der Waals surface area contributed by atoms with E-state index in [2.05, 4.69) is 6.92 Å². The molecule has 4 nitrogen and oxygen atoms in total. The highest BCUT2D eigenvalue weighted by Gasteiger charge is 2.12. The predicted octanol–water partition coefficient (Wildman–Crippen LogP) is 5.11. The van der Waals surface area contributed by atoms with E-state index in [1.165, 1.54) is 70.6 Å². The monoisotopic (exact) mass is 385 g/mol. The van der Waals surface area contributed by atoms with Crippen LogP contribution in [0.3, 0.4) is 0 Å². The van der Waals surface area contributed by atoms with Gasteiger partial charge in [0.25, 0.3) is 0 Å². The van der Waals surface area contributed by atoms with Crippen molar-refractivity contribution in [1.29, 1.82) is 0 Å². The fourth-order valence-corrected chi connectivity index (χ4v) is 3.16. The molecule has 0 saturated carbocycles. The maximum Gasteiger partial charge on any atom is 0.0894 e. The molecule has 0 amide bonds. The van der Waals surface area contributed by atoms with E-state index in [4.69, 9.17) is 10.5 Å². The summed E-state index contributed by atoms with van der Waals surface area (Å²) in [6.45, 7) is 4.85. The third kappa shape index (κ3) is 18.7. The minimum Gasteiger partial charge on any atom is -0.391 e. The van der Waals surface area contributed by atoms with Crippen molar-refractivity contribution in [2.45, 2.75) is 122 Å². The van der Waals surface area contributed by atoms with Gasteiger partial charge in [-0.1, -0.05) is 96.6 Å². The molecule has 0 rings (SSSR count). The molecule has 0 aromatic heterocycles. The molecule has 3 atom stereocenters. The summed E-state index contributed by atoms with van der Waals surface area (Å²) >= 11 is 0. The second kappa shape index (κ2) is 20.3. The van der Waals surface area contributed by atoms with E-state index in [0.29, 0.717) is 0 Å². The molecule has 4 N–H and O–H groups in total. The molecule has 0 saturated heterocycles. The highest BCUT2D eigenvalue weighted by atomic mass is 16.5. The third-order valence-corrected chi connectivity index (χ3v) is 4.99. The standard InChI is InChI=1S/C23H47NO3/c1-3-5-6-7-8-9-10-11-12-13-14-15-16-18-23(26)22(24)20-27-19-21(25)17-4-2/h16,18,21-23,25-26H,3-15,17,19-20,24H2,1-2H3. The fourth-order valence-electron chi connectivity index (χ4n) is 3.16. The van der Waals surface area contributed by atoms with Crippen molar-refractivity contribution in [3.8, 4) is 0 Å². The number of ether oxygens (including phenoxy) is 1. The Kier molecular flexibility index (Phi) is 20.0. The lowest BCUT2D eigenvalue weighted by Crippen LogP contribution is -2.38. The Bertz CT molecular complexity index is 323. The van der Waals surface area contributed by atoms with Gasteiger partial charge >= 0.3 is 0 Å². The molecule has 0 aromatic carbocycles. The first kappa shape index (κ1) is 26.6. The average Bonchev–Trinajstić information content (AvgIpc) is 2.65. The van der Waals surface area contributed by atoms with E-state index < -0.39 is 18.2 Å². The summed E-state index contributed by atoms with van der Waals surface area (Å²) in [5, 5.41) is 19.6. The largest absolute Gasteiger partial charge is 0.391 e. The van der Waals surface area contributed by atoms with Crippen LogP contribution in [0.15, 0.2) is 12.2 Å². The summed E-state index contributed by atoms with van der Waals surface area (Å²) in [6, 6.07) is -0.438. The molecule has 0 aliphatic rings. The molecular weight excluding hydrogens is 338 g/mol. The Morgan fingerprint density at radius 1 is 0.778 bits per heavy atom. The van der Waals surface area contributed by atoms with Gasteiger partial charge in [0.05, 0.1) is 31.5 Å². The summed E-state index contributed by atoms with van der Waals surface area (Å²) < 4.78 is 5.38. The zero-order chi connectivity index (χ0) is 20.2. The van der Waals surface area contributed by atoms with E-state index in [1.807, 2.05) is 13.0 Å². The van der Waals surface area contributed by atoms with Gasteiger partial charge in [-0.15, -0.1) is 0 Å². The number of nitrogens with two attached hydrogens (primary N) is 1. The van der Waals surface area contributed by atoms with E-state index in [0.717, 1.165) is 19.3 Å². The van der Waals surface area contributed by atoms with Crippen molar-refractivity contribution in [2.24, 2.45) is 5.73 Å². The lowest BCUT2D eigenvalue weighted by Gasteiger charge is -2.17. The van der Waals surface area contributed by atoms with Crippen molar-refractivity contribution in [3.63, 3.8) is 0 Å². The molecule has 0 aliphatic heterocycles. The second-order valence-corrected chi connectivity index (χ2v) is 7.89. The van der Waals surface area contributed by atoms with Crippen LogP contribution < -0.4 is 5.73 Å². The van der Waals surface area contributed by atoms with Crippen LogP contribution in [-0.4, -0.2) is 41.7 Å². The summed E-state index contributed by atoms with van der Waals surface area (Å²) in [6.07, 6.45) is 20.2. The lowest BCUT2D eigenvalue weighted by molar-refractivity contribution is 0.0147. The number of allylic oxidation sites excluding steroid dienone is 1. The van der Waals surface area contributed by atoms with E-state index in [1.54, 1.807) is 6.08 Å². The molecule has 0 radical (unpaired) electrons. The topological polar surface area (TPSA) is 75.7 Å². The molecule has 0 heterocycles. The van der Waals surface area contributed by atoms with Gasteiger partial charge in [-0.25, -0.2) is 0 Å². The van der Waals surface area contributed by atoms with Crippen molar-refractivity contribution in [3.05, 3.63) is 12.2 Å². The zero-order valence-electron chi connectivity index (χ0n) is 18.1. The van der Waals surface area contributed by atoms with Gasteiger partial charge in [-0.05, 0) is 19.3 Å². The van der Waals surface area contributed by atoms with Crippen molar-refractivity contribution >= 4 is 0 Å². The summed E-state index contributed by atoms with van der Waals surface area (Å²) in [5.74, 6) is 0. The number of hydrogen-bond donors (Lipinski definition) is 3. The molecule has 0 bridgehead atoms. The fraction of sp³-hybridized carbons (Fsp3) is 0.913. The Balaban J connectivity index is 3.45. The molecule has 162 valence electrons. The van der Waals surface area contributed by atoms with Crippen LogP contribution in [0.1, 0.15) is 104 Å². The molecule has 27 heavy (non-hydrogen) atoms. The van der Waals surface area contributed by atoms with Crippen LogP contribution in [0.5, 0.6) is 0 Å². The third-order valence-electron chi connectivity index (χ3n) is 4.99. The maximum atomic E-state index is 10.0. The minimum absolute atomic E-state index is 0.269. The molecule has 3 unspecified atom stereocenters. The highest BCUT2D eigenvalue weighted by molar-refractivity contribution is 4.93. The minimum atomic E-state index is -0.680. The van der Waals surface area contributed by atoms with Crippen LogP contribution in [-0.2, 0) is 4.74 Å². The Labute approximate surface area is 168 Å². The Hall–Kier alpha value is -0.420. The van der Waals surface area contributed by atoms with Gasteiger partial charge in [0.1, 0.15) is 0 Å². The number of rotatable bonds is 20. The number of aliphatic hydroxyl groups excluding tert-OH is 2. The molecular formula is C23H47NO3. The maximum absolute atomic E-state index is 10.0. The van der Waals surface area contributed by atoms with Gasteiger partial charge in [0.2, 0.25) is 0 Å². The first-order valence-electron chi connectivity index (χ1n) is 11.5. The van der Waals surface area contributed by atoms with E-state index >= 15 is 0 Å². The van der Waals surface area contributed by atoms with Crippen LogP contribution in [0.4, 0.5) is 0 Å². The summed E-state index contributed by atoms with van der Waals surface area (Å²) in [7, 11) is 0. The lowest BCUT2D eigenvalue weighted by atomic mass is 10.0. The SMILES string of the molecule is CCCCCCCCCCCCCC=CC(O)C(N)COCC(O)CCC. The number of aliphatic hydroxyl groups is 2. The zero-order valence-corrected chi connectivity index (χ0v) is 18.1. The van der Waals surface area contributed by atoms with Gasteiger partial charge in [-0.2, -0.15) is 0 Å². The highest BCUT2D eigenvalue weighted by Crippen LogP contribution is 2.12. The van der Waals surface area contributed by atoms with Crippen molar-refractivity contribution < 1.29 is 14.9 Å². The van der Waals surface area contributed by atoms with Gasteiger partial charge < -0.3 is 20.7 Å². The number of hydrogen-bond acceptors (Lipinski definition) is 4. The second-order valence-electron chi connectivity index (χ2n) is 7.89. The van der Waals surface area contributed by atoms with Crippen LogP contribution in [0, 0.1) is 0 Å². The first-order valence-corrected chi connectivity index (χ1v) is 11.5. The summed E-state index contributed by atoms with van der Waals surface area (Å²) in [5.41, 5.74) is 5.92. The first-order chi connectivity index (χ1) is 13.1. The van der Waals surface area contributed by atoms with Crippen molar-refractivity contribution in [2.75, 3.05) is 13.2 Å². The predicted molar refractivity (Wildman–Crippen MR) is 116 cm³/mol. The van der Waals surface area contributed by atoms with Gasteiger partial charge in [0, 0.05) is 0 Å². The Morgan fingerprint density at radius 2 is 1.33 bits per heavy atom. The molecule has 0 spiro atoms. The van der Waals surface area contributed by atoms with Crippen LogP contribution >= 0.6 is 0 Å².